The molecule has 0 atom stereocenters. The highest BCUT2D eigenvalue weighted by atomic mass is 14.9. The van der Waals surface area contributed by atoms with Gasteiger partial charge in [-0.05, 0) is 37.7 Å². The third-order valence-electron chi connectivity index (χ3n) is 3.53. The van der Waals surface area contributed by atoms with Crippen LogP contribution in [0.4, 0.5) is 0 Å². The molecule has 1 nitrogen and oxygen atoms in total. The molecule has 0 aromatic heterocycles. The van der Waals surface area contributed by atoms with Gasteiger partial charge in [-0.3, -0.25) is 0 Å². The fraction of sp³-hybridized carbons (Fsp3) is 0.714. The molecule has 86 valence electrons. The summed E-state index contributed by atoms with van der Waals surface area (Å²) < 4.78 is 0. The van der Waals surface area contributed by atoms with Crippen molar-refractivity contribution >= 4 is 0 Å². The minimum Gasteiger partial charge on any atom is -0.385 e. The van der Waals surface area contributed by atoms with Crippen LogP contribution in [0.1, 0.15) is 46.0 Å². The zero-order valence-corrected chi connectivity index (χ0v) is 10.3. The molecule has 1 rings (SSSR count). The summed E-state index contributed by atoms with van der Waals surface area (Å²) in [7, 11) is 0. The Hall–Kier alpha value is -0.720. The van der Waals surface area contributed by atoms with E-state index in [1.54, 1.807) is 0 Å². The summed E-state index contributed by atoms with van der Waals surface area (Å²) in [4.78, 5) is 0. The van der Waals surface area contributed by atoms with Crippen molar-refractivity contribution < 1.29 is 0 Å². The zero-order valence-electron chi connectivity index (χ0n) is 10.3. The SMILES string of the molecule is C=C(/C=C\C)NCC1CCC(CC)CC1. The van der Waals surface area contributed by atoms with Crippen LogP contribution in [-0.2, 0) is 0 Å². The monoisotopic (exact) mass is 207 g/mol. The Kier molecular flexibility index (Phi) is 5.52. The maximum absolute atomic E-state index is 3.96. The summed E-state index contributed by atoms with van der Waals surface area (Å²) in [6.45, 7) is 9.42. The lowest BCUT2D eigenvalue weighted by molar-refractivity contribution is 0.267. The topological polar surface area (TPSA) is 12.0 Å². The standard InChI is InChI=1S/C14H25N/c1-4-6-12(3)15-11-14-9-7-13(5-2)8-10-14/h4,6,13-15H,3,5,7-11H2,1-2H3/b6-4-. The molecule has 1 aliphatic rings. The molecule has 0 aromatic rings. The Bertz CT molecular complexity index is 209. The third-order valence-corrected chi connectivity index (χ3v) is 3.53. The molecule has 0 spiro atoms. The van der Waals surface area contributed by atoms with Gasteiger partial charge in [-0.15, -0.1) is 0 Å². The predicted octanol–water partition coefficient (Wildman–Crippen LogP) is 3.88. The Balaban J connectivity index is 2.16. The lowest BCUT2D eigenvalue weighted by Crippen LogP contribution is -2.25. The summed E-state index contributed by atoms with van der Waals surface area (Å²) in [5, 5.41) is 3.40. The molecule has 0 heterocycles. The molecule has 0 amide bonds. The average Bonchev–Trinajstić information content (AvgIpc) is 2.27. The van der Waals surface area contributed by atoms with Crippen LogP contribution in [0.5, 0.6) is 0 Å². The average molecular weight is 207 g/mol. The minimum atomic E-state index is 0.870. The molecule has 1 saturated carbocycles. The van der Waals surface area contributed by atoms with Gasteiger partial charge in [0, 0.05) is 12.2 Å². The summed E-state index contributed by atoms with van der Waals surface area (Å²) in [6, 6.07) is 0. The molecule has 0 aromatic carbocycles. The smallest absolute Gasteiger partial charge is 0.0263 e. The molecule has 0 radical (unpaired) electrons. The normalized spacial score (nSPS) is 26.8. The maximum atomic E-state index is 3.96. The highest BCUT2D eigenvalue weighted by Gasteiger charge is 2.19. The largest absolute Gasteiger partial charge is 0.385 e. The van der Waals surface area contributed by atoms with Crippen molar-refractivity contribution in [3.63, 3.8) is 0 Å². The summed E-state index contributed by atoms with van der Waals surface area (Å²) >= 11 is 0. The van der Waals surface area contributed by atoms with Gasteiger partial charge in [0.25, 0.3) is 0 Å². The van der Waals surface area contributed by atoms with Gasteiger partial charge < -0.3 is 5.32 Å². The van der Waals surface area contributed by atoms with E-state index >= 15 is 0 Å². The van der Waals surface area contributed by atoms with E-state index < -0.39 is 0 Å². The molecule has 15 heavy (non-hydrogen) atoms. The fourth-order valence-corrected chi connectivity index (χ4v) is 2.38. The van der Waals surface area contributed by atoms with Crippen molar-refractivity contribution in [2.45, 2.75) is 46.0 Å². The van der Waals surface area contributed by atoms with E-state index in [-0.39, 0.29) is 0 Å². The minimum absolute atomic E-state index is 0.870. The first kappa shape index (κ1) is 12.4. The van der Waals surface area contributed by atoms with Gasteiger partial charge >= 0.3 is 0 Å². The van der Waals surface area contributed by atoms with Gasteiger partial charge in [0.2, 0.25) is 0 Å². The number of hydrogen-bond acceptors (Lipinski definition) is 1. The molecule has 1 heteroatoms. The summed E-state index contributed by atoms with van der Waals surface area (Å²) in [5.74, 6) is 1.87. The molecule has 0 bridgehead atoms. The van der Waals surface area contributed by atoms with Gasteiger partial charge in [0.05, 0.1) is 0 Å². The van der Waals surface area contributed by atoms with Gasteiger partial charge in [-0.1, -0.05) is 38.8 Å². The van der Waals surface area contributed by atoms with Crippen molar-refractivity contribution in [2.75, 3.05) is 6.54 Å². The summed E-state index contributed by atoms with van der Waals surface area (Å²) in [6.07, 6.45) is 11.1. The molecular weight excluding hydrogens is 182 g/mol. The van der Waals surface area contributed by atoms with Crippen LogP contribution in [0.15, 0.2) is 24.4 Å². The Morgan fingerprint density at radius 1 is 1.27 bits per heavy atom. The van der Waals surface area contributed by atoms with Crippen LogP contribution in [0.2, 0.25) is 0 Å². The van der Waals surface area contributed by atoms with Crippen LogP contribution >= 0.6 is 0 Å². The Labute approximate surface area is 94.6 Å². The fourth-order valence-electron chi connectivity index (χ4n) is 2.38. The number of allylic oxidation sites excluding steroid dienone is 2. The highest BCUT2D eigenvalue weighted by Crippen LogP contribution is 2.30. The van der Waals surface area contributed by atoms with E-state index in [4.69, 9.17) is 0 Å². The van der Waals surface area contributed by atoms with E-state index in [1.807, 2.05) is 19.1 Å². The first-order valence-electron chi connectivity index (χ1n) is 6.31. The number of rotatable bonds is 5. The van der Waals surface area contributed by atoms with Crippen molar-refractivity contribution in [3.05, 3.63) is 24.4 Å². The highest BCUT2D eigenvalue weighted by molar-refractivity contribution is 5.11. The van der Waals surface area contributed by atoms with Gasteiger partial charge in [0.1, 0.15) is 0 Å². The number of nitrogens with one attached hydrogen (secondary N) is 1. The first-order valence-corrected chi connectivity index (χ1v) is 6.31. The molecular formula is C14H25N. The van der Waals surface area contributed by atoms with Gasteiger partial charge in [-0.2, -0.15) is 0 Å². The van der Waals surface area contributed by atoms with Crippen molar-refractivity contribution in [2.24, 2.45) is 11.8 Å². The molecule has 0 saturated heterocycles. The lowest BCUT2D eigenvalue weighted by Gasteiger charge is -2.28. The quantitative estimate of drug-likeness (QED) is 0.675. The molecule has 1 fully saturated rings. The molecule has 1 N–H and O–H groups in total. The molecule has 1 aliphatic carbocycles. The van der Waals surface area contributed by atoms with E-state index in [0.717, 1.165) is 24.1 Å². The van der Waals surface area contributed by atoms with Crippen molar-refractivity contribution in [1.29, 1.82) is 0 Å². The summed E-state index contributed by atoms with van der Waals surface area (Å²) in [5.41, 5.74) is 1.05. The number of hydrogen-bond donors (Lipinski definition) is 1. The van der Waals surface area contributed by atoms with E-state index in [1.165, 1.54) is 32.1 Å². The van der Waals surface area contributed by atoms with Crippen molar-refractivity contribution in [1.82, 2.24) is 5.32 Å². The predicted molar refractivity (Wildman–Crippen MR) is 67.7 cm³/mol. The zero-order chi connectivity index (χ0) is 11.1. The van der Waals surface area contributed by atoms with Crippen LogP contribution in [0, 0.1) is 11.8 Å². The second-order valence-electron chi connectivity index (χ2n) is 4.70. The van der Waals surface area contributed by atoms with Gasteiger partial charge in [0.15, 0.2) is 0 Å². The molecule has 0 unspecified atom stereocenters. The van der Waals surface area contributed by atoms with Gasteiger partial charge in [-0.25, -0.2) is 0 Å². The second kappa shape index (κ2) is 6.71. The maximum Gasteiger partial charge on any atom is 0.0263 e. The van der Waals surface area contributed by atoms with Crippen LogP contribution < -0.4 is 5.32 Å². The Morgan fingerprint density at radius 3 is 2.40 bits per heavy atom. The van der Waals surface area contributed by atoms with Crippen molar-refractivity contribution in [3.8, 4) is 0 Å². The van der Waals surface area contributed by atoms with Crippen LogP contribution in [-0.4, -0.2) is 6.54 Å². The van der Waals surface area contributed by atoms with E-state index in [2.05, 4.69) is 18.8 Å². The van der Waals surface area contributed by atoms with E-state index in [0.29, 0.717) is 0 Å². The second-order valence-corrected chi connectivity index (χ2v) is 4.70. The van der Waals surface area contributed by atoms with Crippen LogP contribution in [0.3, 0.4) is 0 Å². The van der Waals surface area contributed by atoms with Crippen LogP contribution in [0.25, 0.3) is 0 Å². The lowest BCUT2D eigenvalue weighted by atomic mass is 9.81. The third kappa shape index (κ3) is 4.55. The Morgan fingerprint density at radius 2 is 1.87 bits per heavy atom. The first-order chi connectivity index (χ1) is 7.26. The molecule has 0 aliphatic heterocycles. The van der Waals surface area contributed by atoms with E-state index in [9.17, 15) is 0 Å².